The molecule has 0 aromatic rings. The third-order valence-corrected chi connectivity index (χ3v) is 3.70. The fraction of sp³-hybridized carbons (Fsp3) is 1.00. The van der Waals surface area contributed by atoms with Crippen molar-refractivity contribution in [2.24, 2.45) is 5.92 Å². The minimum absolute atomic E-state index is 0.316. The maximum atomic E-state index is 5.93. The summed E-state index contributed by atoms with van der Waals surface area (Å²) < 4.78 is 11.6. The molecule has 1 rings (SSSR count). The molecule has 0 aromatic carbocycles. The maximum absolute atomic E-state index is 5.93. The lowest BCUT2D eigenvalue weighted by molar-refractivity contribution is -0.00263. The van der Waals surface area contributed by atoms with Crippen molar-refractivity contribution in [3.63, 3.8) is 0 Å². The van der Waals surface area contributed by atoms with E-state index in [0.29, 0.717) is 24.2 Å². The van der Waals surface area contributed by atoms with Gasteiger partial charge in [-0.3, -0.25) is 0 Å². The standard InChI is InChI=1S/C15H31NO2/c1-5-16-14(15(12(3)4)17-6-2)10-9-13-8-7-11-18-13/h12-16H,5-11H2,1-4H3. The van der Waals surface area contributed by atoms with Crippen molar-refractivity contribution in [2.45, 2.75) is 71.6 Å². The van der Waals surface area contributed by atoms with Crippen LogP contribution in [0, 0.1) is 5.92 Å². The van der Waals surface area contributed by atoms with Crippen LogP contribution in [-0.4, -0.2) is 38.0 Å². The summed E-state index contributed by atoms with van der Waals surface area (Å²) in [6, 6.07) is 0.458. The number of likely N-dealkylation sites (N-methyl/N-ethyl adjacent to an activating group) is 1. The van der Waals surface area contributed by atoms with Gasteiger partial charge in [0.25, 0.3) is 0 Å². The molecule has 0 spiro atoms. The molecule has 0 amide bonds. The molecular formula is C15H31NO2. The zero-order chi connectivity index (χ0) is 13.4. The highest BCUT2D eigenvalue weighted by atomic mass is 16.5. The van der Waals surface area contributed by atoms with Gasteiger partial charge in [-0.25, -0.2) is 0 Å². The molecule has 3 nitrogen and oxygen atoms in total. The first-order valence-electron chi connectivity index (χ1n) is 7.65. The lowest BCUT2D eigenvalue weighted by atomic mass is 9.94. The van der Waals surface area contributed by atoms with E-state index in [-0.39, 0.29) is 0 Å². The summed E-state index contributed by atoms with van der Waals surface area (Å²) in [6.45, 7) is 11.5. The average molecular weight is 257 g/mol. The summed E-state index contributed by atoms with van der Waals surface area (Å²) in [7, 11) is 0. The van der Waals surface area contributed by atoms with Gasteiger partial charge in [0.05, 0.1) is 12.2 Å². The van der Waals surface area contributed by atoms with Gasteiger partial charge in [-0.05, 0) is 45.1 Å². The molecule has 108 valence electrons. The zero-order valence-electron chi connectivity index (χ0n) is 12.6. The zero-order valence-corrected chi connectivity index (χ0v) is 12.6. The Bertz CT molecular complexity index is 203. The molecule has 0 bridgehead atoms. The van der Waals surface area contributed by atoms with Crippen molar-refractivity contribution >= 4 is 0 Å². The fourth-order valence-corrected chi connectivity index (χ4v) is 2.85. The van der Waals surface area contributed by atoms with E-state index in [9.17, 15) is 0 Å². The van der Waals surface area contributed by atoms with Crippen LogP contribution in [0.25, 0.3) is 0 Å². The normalized spacial score (nSPS) is 23.5. The third-order valence-electron chi connectivity index (χ3n) is 3.70. The van der Waals surface area contributed by atoms with E-state index in [0.717, 1.165) is 32.6 Å². The van der Waals surface area contributed by atoms with Gasteiger partial charge in [0.15, 0.2) is 0 Å². The first-order valence-corrected chi connectivity index (χ1v) is 7.65. The van der Waals surface area contributed by atoms with Crippen LogP contribution in [0.1, 0.15) is 53.4 Å². The summed E-state index contributed by atoms with van der Waals surface area (Å²) in [6.07, 6.45) is 5.59. The van der Waals surface area contributed by atoms with Gasteiger partial charge >= 0.3 is 0 Å². The lowest BCUT2D eigenvalue weighted by Crippen LogP contribution is -2.44. The fourth-order valence-electron chi connectivity index (χ4n) is 2.85. The van der Waals surface area contributed by atoms with E-state index in [1.54, 1.807) is 0 Å². The quantitative estimate of drug-likeness (QED) is 0.689. The molecule has 1 fully saturated rings. The highest BCUT2D eigenvalue weighted by molar-refractivity contribution is 4.81. The Kier molecular flexibility index (Phi) is 7.87. The van der Waals surface area contributed by atoms with Crippen LogP contribution in [0.15, 0.2) is 0 Å². The molecule has 1 heterocycles. The highest BCUT2D eigenvalue weighted by Gasteiger charge is 2.26. The maximum Gasteiger partial charge on any atom is 0.0750 e. The lowest BCUT2D eigenvalue weighted by Gasteiger charge is -2.31. The van der Waals surface area contributed by atoms with E-state index in [4.69, 9.17) is 9.47 Å². The monoisotopic (exact) mass is 257 g/mol. The smallest absolute Gasteiger partial charge is 0.0750 e. The second-order valence-electron chi connectivity index (χ2n) is 5.54. The highest BCUT2D eigenvalue weighted by Crippen LogP contribution is 2.21. The third kappa shape index (κ3) is 5.25. The molecular weight excluding hydrogens is 226 g/mol. The summed E-state index contributed by atoms with van der Waals surface area (Å²) in [5, 5.41) is 3.59. The number of ether oxygens (including phenoxy) is 2. The Balaban J connectivity index is 2.44. The number of hydrogen-bond donors (Lipinski definition) is 1. The van der Waals surface area contributed by atoms with Gasteiger partial charge in [-0.1, -0.05) is 20.8 Å². The average Bonchev–Trinajstić information content (AvgIpc) is 2.84. The second kappa shape index (κ2) is 8.89. The van der Waals surface area contributed by atoms with Crippen LogP contribution in [0.4, 0.5) is 0 Å². The van der Waals surface area contributed by atoms with E-state index < -0.39 is 0 Å². The predicted molar refractivity (Wildman–Crippen MR) is 75.9 cm³/mol. The molecule has 1 aliphatic heterocycles. The summed E-state index contributed by atoms with van der Waals surface area (Å²) in [5.74, 6) is 0.554. The van der Waals surface area contributed by atoms with E-state index in [2.05, 4.69) is 33.0 Å². The van der Waals surface area contributed by atoms with Crippen LogP contribution in [0.3, 0.4) is 0 Å². The molecule has 0 saturated carbocycles. The van der Waals surface area contributed by atoms with Crippen molar-refractivity contribution < 1.29 is 9.47 Å². The molecule has 3 heteroatoms. The van der Waals surface area contributed by atoms with Crippen molar-refractivity contribution in [1.29, 1.82) is 0 Å². The predicted octanol–water partition coefficient (Wildman–Crippen LogP) is 2.98. The van der Waals surface area contributed by atoms with E-state index in [1.165, 1.54) is 12.8 Å². The summed E-state index contributed by atoms with van der Waals surface area (Å²) in [4.78, 5) is 0. The molecule has 0 aliphatic carbocycles. The van der Waals surface area contributed by atoms with Crippen molar-refractivity contribution in [3.05, 3.63) is 0 Å². The largest absolute Gasteiger partial charge is 0.378 e. The second-order valence-corrected chi connectivity index (χ2v) is 5.54. The van der Waals surface area contributed by atoms with Crippen molar-refractivity contribution in [1.82, 2.24) is 5.32 Å². The Hall–Kier alpha value is -0.120. The Morgan fingerprint density at radius 2 is 2.11 bits per heavy atom. The molecule has 0 aromatic heterocycles. The Labute approximate surface area is 113 Å². The van der Waals surface area contributed by atoms with Gasteiger partial charge in [-0.15, -0.1) is 0 Å². The van der Waals surface area contributed by atoms with Gasteiger partial charge in [-0.2, -0.15) is 0 Å². The van der Waals surface area contributed by atoms with Crippen molar-refractivity contribution in [2.75, 3.05) is 19.8 Å². The van der Waals surface area contributed by atoms with Crippen LogP contribution in [0.5, 0.6) is 0 Å². The number of hydrogen-bond acceptors (Lipinski definition) is 3. The van der Waals surface area contributed by atoms with Crippen LogP contribution in [-0.2, 0) is 9.47 Å². The first kappa shape index (κ1) is 15.9. The molecule has 0 radical (unpaired) electrons. The first-order chi connectivity index (χ1) is 8.69. The molecule has 1 aliphatic rings. The van der Waals surface area contributed by atoms with Gasteiger partial charge < -0.3 is 14.8 Å². The minimum Gasteiger partial charge on any atom is -0.378 e. The van der Waals surface area contributed by atoms with Gasteiger partial charge in [0, 0.05) is 19.3 Å². The molecule has 1 saturated heterocycles. The number of rotatable bonds is 9. The molecule has 18 heavy (non-hydrogen) atoms. The van der Waals surface area contributed by atoms with E-state index >= 15 is 0 Å². The van der Waals surface area contributed by atoms with Gasteiger partial charge in [0.2, 0.25) is 0 Å². The molecule has 3 atom stereocenters. The summed E-state index contributed by atoms with van der Waals surface area (Å²) >= 11 is 0. The Morgan fingerprint density at radius 3 is 2.61 bits per heavy atom. The van der Waals surface area contributed by atoms with Crippen LogP contribution >= 0.6 is 0 Å². The topological polar surface area (TPSA) is 30.5 Å². The van der Waals surface area contributed by atoms with Crippen molar-refractivity contribution in [3.8, 4) is 0 Å². The van der Waals surface area contributed by atoms with Gasteiger partial charge in [0.1, 0.15) is 0 Å². The van der Waals surface area contributed by atoms with Crippen LogP contribution in [0.2, 0.25) is 0 Å². The molecule has 1 N–H and O–H groups in total. The SMILES string of the molecule is CCNC(CCC1CCCO1)C(OCC)C(C)C. The minimum atomic E-state index is 0.316. The molecule has 3 unspecified atom stereocenters. The Morgan fingerprint density at radius 1 is 1.33 bits per heavy atom. The van der Waals surface area contributed by atoms with E-state index in [1.807, 2.05) is 0 Å². The number of nitrogens with one attached hydrogen (secondary N) is 1. The summed E-state index contributed by atoms with van der Waals surface area (Å²) in [5.41, 5.74) is 0. The van der Waals surface area contributed by atoms with Crippen LogP contribution < -0.4 is 5.32 Å².